The van der Waals surface area contributed by atoms with Gasteiger partial charge in [-0.05, 0) is 65.5 Å². The highest BCUT2D eigenvalue weighted by Crippen LogP contribution is 2.30. The second-order valence-corrected chi connectivity index (χ2v) is 11.9. The number of carbonyl (C=O) groups is 3. The Kier molecular flexibility index (Phi) is 15.2. The molecule has 1 aromatic carbocycles. The molecular formula is C29H49N3O5S. The van der Waals surface area contributed by atoms with Crippen molar-refractivity contribution in [3.63, 3.8) is 0 Å². The number of benzene rings is 1. The molecule has 0 saturated heterocycles. The number of ether oxygens (including phenoxy) is 1. The molecule has 0 aliphatic rings. The van der Waals surface area contributed by atoms with Gasteiger partial charge in [-0.3, -0.25) is 9.59 Å². The quantitative estimate of drug-likeness (QED) is 0.224. The molecule has 0 radical (unpaired) electrons. The Morgan fingerprint density at radius 1 is 1.03 bits per heavy atom. The number of hydrogen-bond acceptors (Lipinski definition) is 6. The van der Waals surface area contributed by atoms with Crippen molar-refractivity contribution >= 4 is 29.7 Å². The molecule has 0 bridgehead atoms. The smallest absolute Gasteiger partial charge is 0.408 e. The van der Waals surface area contributed by atoms with Gasteiger partial charge in [-0.15, -0.1) is 0 Å². The fourth-order valence-electron chi connectivity index (χ4n) is 4.10. The van der Waals surface area contributed by atoms with Crippen LogP contribution in [0.15, 0.2) is 24.3 Å². The summed E-state index contributed by atoms with van der Waals surface area (Å²) in [6, 6.07) is 4.52. The summed E-state index contributed by atoms with van der Waals surface area (Å²) in [4.78, 5) is 41.8. The highest BCUT2D eigenvalue weighted by atomic mass is 32.2. The normalized spacial score (nSPS) is 13.1. The van der Waals surface area contributed by atoms with E-state index in [2.05, 4.69) is 17.6 Å². The van der Waals surface area contributed by atoms with Crippen molar-refractivity contribution in [1.29, 1.82) is 0 Å². The number of unbranched alkanes of at least 4 members (excludes halogenated alkanes) is 5. The Morgan fingerprint density at radius 3 is 2.24 bits per heavy atom. The largest absolute Gasteiger partial charge is 0.508 e. The SMILES string of the molecule is CCCCCCCCN(C(=O)C(CCSC)NC(=O)OC(C)(C)C)C(C(=O)NC(C)C)c1ccccc1O. The summed E-state index contributed by atoms with van der Waals surface area (Å²) >= 11 is 1.57. The maximum absolute atomic E-state index is 14.1. The lowest BCUT2D eigenvalue weighted by Gasteiger charge is -2.35. The molecule has 0 aliphatic heterocycles. The van der Waals surface area contributed by atoms with Gasteiger partial charge in [-0.1, -0.05) is 57.2 Å². The van der Waals surface area contributed by atoms with E-state index in [1.165, 1.54) is 11.0 Å². The Hall–Kier alpha value is -2.42. The van der Waals surface area contributed by atoms with Gasteiger partial charge in [0.2, 0.25) is 11.8 Å². The topological polar surface area (TPSA) is 108 Å². The minimum Gasteiger partial charge on any atom is -0.508 e. The molecule has 8 nitrogen and oxygen atoms in total. The molecule has 1 rings (SSSR count). The number of phenols is 1. The third-order valence-electron chi connectivity index (χ3n) is 5.86. The monoisotopic (exact) mass is 551 g/mol. The van der Waals surface area contributed by atoms with Crippen LogP contribution in [0.2, 0.25) is 0 Å². The van der Waals surface area contributed by atoms with Gasteiger partial charge < -0.3 is 25.4 Å². The van der Waals surface area contributed by atoms with Gasteiger partial charge in [-0.2, -0.15) is 11.8 Å². The summed E-state index contributed by atoms with van der Waals surface area (Å²) in [5, 5.41) is 16.4. The van der Waals surface area contributed by atoms with Crippen molar-refractivity contribution in [2.75, 3.05) is 18.6 Å². The second kappa shape index (κ2) is 17.2. The van der Waals surface area contributed by atoms with Gasteiger partial charge in [0, 0.05) is 18.2 Å². The zero-order valence-electron chi connectivity index (χ0n) is 24.3. The lowest BCUT2D eigenvalue weighted by molar-refractivity contribution is -0.142. The highest BCUT2D eigenvalue weighted by molar-refractivity contribution is 7.98. The van der Waals surface area contributed by atoms with Crippen LogP contribution in [-0.2, 0) is 14.3 Å². The zero-order chi connectivity index (χ0) is 28.7. The number of rotatable bonds is 16. The summed E-state index contributed by atoms with van der Waals surface area (Å²) in [6.07, 6.45) is 7.73. The molecule has 38 heavy (non-hydrogen) atoms. The van der Waals surface area contributed by atoms with Crippen LogP contribution >= 0.6 is 11.8 Å². The van der Waals surface area contributed by atoms with E-state index in [9.17, 15) is 19.5 Å². The lowest BCUT2D eigenvalue weighted by atomic mass is 10.00. The van der Waals surface area contributed by atoms with Crippen LogP contribution in [0.3, 0.4) is 0 Å². The Bertz CT molecular complexity index is 872. The van der Waals surface area contributed by atoms with E-state index >= 15 is 0 Å². The molecule has 0 spiro atoms. The molecule has 2 unspecified atom stereocenters. The fraction of sp³-hybridized carbons (Fsp3) is 0.690. The molecule has 0 heterocycles. The van der Waals surface area contributed by atoms with Crippen LogP contribution in [-0.4, -0.2) is 64.2 Å². The molecule has 2 atom stereocenters. The van der Waals surface area contributed by atoms with Crippen LogP contribution in [0.1, 0.15) is 98.1 Å². The number of para-hydroxylation sites is 1. The number of carbonyl (C=O) groups excluding carboxylic acids is 3. The Morgan fingerprint density at radius 2 is 1.66 bits per heavy atom. The van der Waals surface area contributed by atoms with E-state index in [-0.39, 0.29) is 23.6 Å². The van der Waals surface area contributed by atoms with E-state index < -0.39 is 23.8 Å². The van der Waals surface area contributed by atoms with Gasteiger partial charge in [0.15, 0.2) is 0 Å². The van der Waals surface area contributed by atoms with Gasteiger partial charge in [0.05, 0.1) is 0 Å². The van der Waals surface area contributed by atoms with Gasteiger partial charge in [0.1, 0.15) is 23.4 Å². The first-order valence-electron chi connectivity index (χ1n) is 13.8. The van der Waals surface area contributed by atoms with Crippen LogP contribution in [0.5, 0.6) is 5.75 Å². The first-order valence-corrected chi connectivity index (χ1v) is 15.2. The third-order valence-corrected chi connectivity index (χ3v) is 6.50. The molecule has 0 aliphatic carbocycles. The minimum absolute atomic E-state index is 0.0575. The minimum atomic E-state index is -1.04. The van der Waals surface area contributed by atoms with Crippen LogP contribution in [0.25, 0.3) is 0 Å². The number of nitrogens with one attached hydrogen (secondary N) is 2. The van der Waals surface area contributed by atoms with E-state index in [0.717, 1.165) is 32.1 Å². The molecule has 1 aromatic rings. The van der Waals surface area contributed by atoms with E-state index in [1.54, 1.807) is 50.7 Å². The molecule has 216 valence electrons. The average Bonchev–Trinajstić information content (AvgIpc) is 2.82. The van der Waals surface area contributed by atoms with Crippen molar-refractivity contribution in [2.45, 2.75) is 110 Å². The van der Waals surface area contributed by atoms with E-state index in [0.29, 0.717) is 30.7 Å². The number of phenolic OH excluding ortho intramolecular Hbond substituents is 1. The first-order chi connectivity index (χ1) is 17.9. The Labute approximate surface area is 233 Å². The number of hydrogen-bond donors (Lipinski definition) is 3. The molecule has 3 amide bonds. The summed E-state index contributed by atoms with van der Waals surface area (Å²) in [7, 11) is 0. The zero-order valence-corrected chi connectivity index (χ0v) is 25.2. The van der Waals surface area contributed by atoms with Crippen molar-refractivity contribution in [3.8, 4) is 5.75 Å². The van der Waals surface area contributed by atoms with Gasteiger partial charge >= 0.3 is 6.09 Å². The number of thioether (sulfide) groups is 1. The van der Waals surface area contributed by atoms with Crippen LogP contribution in [0, 0.1) is 0 Å². The number of amides is 3. The number of aromatic hydroxyl groups is 1. The van der Waals surface area contributed by atoms with Crippen LogP contribution in [0.4, 0.5) is 4.79 Å². The van der Waals surface area contributed by atoms with Crippen molar-refractivity contribution < 1.29 is 24.2 Å². The lowest BCUT2D eigenvalue weighted by Crippen LogP contribution is -2.54. The molecule has 9 heteroatoms. The third kappa shape index (κ3) is 12.4. The summed E-state index contributed by atoms with van der Waals surface area (Å²) in [5.41, 5.74) is -0.365. The van der Waals surface area contributed by atoms with Gasteiger partial charge in [-0.25, -0.2) is 4.79 Å². The first kappa shape index (κ1) is 33.6. The molecule has 3 N–H and O–H groups in total. The molecular weight excluding hydrogens is 502 g/mol. The maximum Gasteiger partial charge on any atom is 0.408 e. The average molecular weight is 552 g/mol. The standard InChI is InChI=1S/C29H49N3O5S/c1-8-9-10-11-12-15-19-32(25(26(34)30-21(2)3)22-16-13-14-17-24(22)33)27(35)23(18-20-38-7)31-28(36)37-29(4,5)6/h13-14,16-17,21,23,25,33H,8-12,15,18-20H2,1-7H3,(H,30,34)(H,31,36). The molecule has 0 fully saturated rings. The predicted octanol–water partition coefficient (Wildman–Crippen LogP) is 5.79. The molecule has 0 aromatic heterocycles. The highest BCUT2D eigenvalue weighted by Gasteiger charge is 2.37. The van der Waals surface area contributed by atoms with Crippen molar-refractivity contribution in [3.05, 3.63) is 29.8 Å². The molecule has 0 saturated carbocycles. The van der Waals surface area contributed by atoms with E-state index in [1.807, 2.05) is 20.1 Å². The van der Waals surface area contributed by atoms with Crippen molar-refractivity contribution in [1.82, 2.24) is 15.5 Å². The number of alkyl carbamates (subject to hydrolysis) is 1. The number of nitrogens with zero attached hydrogens (tertiary/aromatic N) is 1. The summed E-state index contributed by atoms with van der Waals surface area (Å²) in [6.45, 7) is 11.5. The maximum atomic E-state index is 14.1. The second-order valence-electron chi connectivity index (χ2n) is 10.9. The predicted molar refractivity (Wildman–Crippen MR) is 155 cm³/mol. The van der Waals surface area contributed by atoms with E-state index in [4.69, 9.17) is 4.74 Å². The van der Waals surface area contributed by atoms with Gasteiger partial charge in [0.25, 0.3) is 0 Å². The van der Waals surface area contributed by atoms with Crippen LogP contribution < -0.4 is 10.6 Å². The van der Waals surface area contributed by atoms with Crippen molar-refractivity contribution in [2.24, 2.45) is 0 Å². The summed E-state index contributed by atoms with van der Waals surface area (Å²) < 4.78 is 5.43. The fourth-order valence-corrected chi connectivity index (χ4v) is 4.58. The Balaban J connectivity index is 3.41. The summed E-state index contributed by atoms with van der Waals surface area (Å²) in [5.74, 6) is -0.165.